The highest BCUT2D eigenvalue weighted by Crippen LogP contribution is 2.37. The molecule has 0 bridgehead atoms. The minimum atomic E-state index is 0.306. The normalized spacial score (nSPS) is 11.1. The number of aryl methyl sites for hydroxylation is 1. The molecule has 2 aromatic rings. The summed E-state index contributed by atoms with van der Waals surface area (Å²) >= 11 is 0. The molecule has 0 aliphatic carbocycles. The second kappa shape index (κ2) is 4.28. The minimum Gasteiger partial charge on any atom is -0.508 e. The number of benzene rings is 2. The van der Waals surface area contributed by atoms with Gasteiger partial charge in [0.2, 0.25) is 0 Å². The maximum atomic E-state index is 9.58. The molecule has 0 saturated carbocycles. The first-order valence-corrected chi connectivity index (χ1v) is 5.84. The number of hydrogen-bond donors (Lipinski definition) is 1. The van der Waals surface area contributed by atoms with Gasteiger partial charge in [0.15, 0.2) is 0 Å². The first-order valence-electron chi connectivity index (χ1n) is 5.84. The van der Waals surface area contributed by atoms with Gasteiger partial charge in [-0.25, -0.2) is 0 Å². The van der Waals surface area contributed by atoms with E-state index in [1.807, 2.05) is 25.1 Å². The van der Waals surface area contributed by atoms with Crippen LogP contribution in [-0.4, -0.2) is 12.2 Å². The lowest BCUT2D eigenvalue weighted by atomic mass is 9.92. The van der Waals surface area contributed by atoms with Crippen molar-refractivity contribution in [2.75, 3.05) is 7.11 Å². The summed E-state index contributed by atoms with van der Waals surface area (Å²) in [5.74, 6) is 1.62. The number of ether oxygens (including phenoxy) is 1. The van der Waals surface area contributed by atoms with Crippen molar-refractivity contribution in [1.82, 2.24) is 0 Å². The first kappa shape index (κ1) is 11.8. The highest BCUT2D eigenvalue weighted by Gasteiger charge is 2.14. The zero-order chi connectivity index (χ0) is 12.6. The van der Waals surface area contributed by atoms with Gasteiger partial charge in [0.1, 0.15) is 11.5 Å². The van der Waals surface area contributed by atoms with E-state index in [4.69, 9.17) is 4.74 Å². The topological polar surface area (TPSA) is 29.5 Å². The Balaban J connectivity index is 2.88. The molecule has 0 radical (unpaired) electrons. The molecule has 1 N–H and O–H groups in total. The molecule has 17 heavy (non-hydrogen) atoms. The van der Waals surface area contributed by atoms with Crippen molar-refractivity contribution in [1.29, 1.82) is 0 Å². The van der Waals surface area contributed by atoms with Crippen molar-refractivity contribution in [2.45, 2.75) is 26.7 Å². The van der Waals surface area contributed by atoms with Gasteiger partial charge >= 0.3 is 0 Å². The van der Waals surface area contributed by atoms with Crippen LogP contribution in [0.4, 0.5) is 0 Å². The Hall–Kier alpha value is -1.70. The van der Waals surface area contributed by atoms with Crippen LogP contribution in [-0.2, 0) is 0 Å². The number of methoxy groups -OCH3 is 1. The van der Waals surface area contributed by atoms with Crippen LogP contribution in [0.25, 0.3) is 10.8 Å². The summed E-state index contributed by atoms with van der Waals surface area (Å²) in [6.07, 6.45) is 0. The summed E-state index contributed by atoms with van der Waals surface area (Å²) in [5, 5.41) is 11.8. The smallest absolute Gasteiger partial charge is 0.123 e. The lowest BCUT2D eigenvalue weighted by molar-refractivity contribution is 0.408. The lowest BCUT2D eigenvalue weighted by Crippen LogP contribution is -1.97. The maximum Gasteiger partial charge on any atom is 0.123 e. The fourth-order valence-corrected chi connectivity index (χ4v) is 2.34. The third-order valence-electron chi connectivity index (χ3n) is 3.13. The van der Waals surface area contributed by atoms with Crippen molar-refractivity contribution in [2.24, 2.45) is 0 Å². The van der Waals surface area contributed by atoms with E-state index in [2.05, 4.69) is 13.8 Å². The van der Waals surface area contributed by atoms with E-state index in [1.165, 1.54) is 5.56 Å². The molecule has 0 saturated heterocycles. The molecular weight excluding hydrogens is 212 g/mol. The third-order valence-corrected chi connectivity index (χ3v) is 3.13. The number of rotatable bonds is 2. The SMILES string of the molecule is COc1cc(C)c2cc(O)ccc2c1C(C)C. The largest absolute Gasteiger partial charge is 0.508 e. The van der Waals surface area contributed by atoms with Gasteiger partial charge in [-0.1, -0.05) is 19.9 Å². The number of phenols is 1. The summed E-state index contributed by atoms with van der Waals surface area (Å²) in [5.41, 5.74) is 2.32. The molecule has 0 amide bonds. The van der Waals surface area contributed by atoms with Gasteiger partial charge in [-0.3, -0.25) is 0 Å². The van der Waals surface area contributed by atoms with Crippen molar-refractivity contribution in [3.8, 4) is 11.5 Å². The van der Waals surface area contributed by atoms with E-state index in [0.29, 0.717) is 11.7 Å². The Labute approximate surface area is 102 Å². The molecule has 0 spiro atoms. The molecular formula is C15H18O2. The zero-order valence-corrected chi connectivity index (χ0v) is 10.7. The average Bonchev–Trinajstić information content (AvgIpc) is 2.28. The molecule has 0 aromatic heterocycles. The predicted octanol–water partition coefficient (Wildman–Crippen LogP) is 3.99. The molecule has 90 valence electrons. The fraction of sp³-hybridized carbons (Fsp3) is 0.333. The summed E-state index contributed by atoms with van der Waals surface area (Å²) < 4.78 is 5.46. The molecule has 2 nitrogen and oxygen atoms in total. The van der Waals surface area contributed by atoms with Gasteiger partial charge in [-0.15, -0.1) is 0 Å². The fourth-order valence-electron chi connectivity index (χ4n) is 2.34. The molecule has 0 heterocycles. The maximum absolute atomic E-state index is 9.58. The van der Waals surface area contributed by atoms with Crippen molar-refractivity contribution in [3.63, 3.8) is 0 Å². The molecule has 2 heteroatoms. The third kappa shape index (κ3) is 1.95. The van der Waals surface area contributed by atoms with Crippen molar-refractivity contribution < 1.29 is 9.84 Å². The van der Waals surface area contributed by atoms with Gasteiger partial charge in [-0.2, -0.15) is 0 Å². The summed E-state index contributed by atoms with van der Waals surface area (Å²) in [4.78, 5) is 0. The average molecular weight is 230 g/mol. The Morgan fingerprint density at radius 1 is 1.12 bits per heavy atom. The molecule has 2 rings (SSSR count). The van der Waals surface area contributed by atoms with Gasteiger partial charge < -0.3 is 9.84 Å². The number of hydrogen-bond acceptors (Lipinski definition) is 2. The summed E-state index contributed by atoms with van der Waals surface area (Å²) in [7, 11) is 1.70. The lowest BCUT2D eigenvalue weighted by Gasteiger charge is -2.17. The molecule has 2 aromatic carbocycles. The quantitative estimate of drug-likeness (QED) is 0.845. The van der Waals surface area contributed by atoms with Crippen LogP contribution in [0.5, 0.6) is 11.5 Å². The Bertz CT molecular complexity index is 556. The number of phenolic OH excluding ortho intramolecular Hbond substituents is 1. The monoisotopic (exact) mass is 230 g/mol. The van der Waals surface area contributed by atoms with Crippen LogP contribution in [0.2, 0.25) is 0 Å². The van der Waals surface area contributed by atoms with E-state index in [9.17, 15) is 5.11 Å². The Morgan fingerprint density at radius 3 is 2.41 bits per heavy atom. The van der Waals surface area contributed by atoms with E-state index >= 15 is 0 Å². The van der Waals surface area contributed by atoms with E-state index < -0.39 is 0 Å². The predicted molar refractivity (Wildman–Crippen MR) is 71.0 cm³/mol. The second-order valence-electron chi connectivity index (χ2n) is 4.69. The Kier molecular flexibility index (Phi) is 2.97. The number of fused-ring (bicyclic) bond motifs is 1. The standard InChI is InChI=1S/C15H18O2/c1-9(2)15-12-6-5-11(16)8-13(12)10(3)7-14(15)17-4/h5-9,16H,1-4H3. The summed E-state index contributed by atoms with van der Waals surface area (Å²) in [6, 6.07) is 7.55. The van der Waals surface area contributed by atoms with E-state index in [-0.39, 0.29) is 0 Å². The van der Waals surface area contributed by atoms with Crippen LogP contribution in [0.15, 0.2) is 24.3 Å². The highest BCUT2D eigenvalue weighted by molar-refractivity contribution is 5.92. The van der Waals surface area contributed by atoms with Gasteiger partial charge in [-0.05, 0) is 47.4 Å². The first-order chi connectivity index (χ1) is 8.04. The van der Waals surface area contributed by atoms with Gasteiger partial charge in [0.25, 0.3) is 0 Å². The summed E-state index contributed by atoms with van der Waals surface area (Å²) in [6.45, 7) is 6.34. The minimum absolute atomic E-state index is 0.306. The molecule has 0 atom stereocenters. The molecule has 0 aliphatic rings. The second-order valence-corrected chi connectivity index (χ2v) is 4.69. The molecule has 0 fully saturated rings. The Morgan fingerprint density at radius 2 is 1.82 bits per heavy atom. The van der Waals surface area contributed by atoms with E-state index in [0.717, 1.165) is 22.1 Å². The zero-order valence-electron chi connectivity index (χ0n) is 10.7. The van der Waals surface area contributed by atoms with Crippen LogP contribution < -0.4 is 4.74 Å². The van der Waals surface area contributed by atoms with E-state index in [1.54, 1.807) is 13.2 Å². The van der Waals surface area contributed by atoms with Gasteiger partial charge in [0.05, 0.1) is 7.11 Å². The van der Waals surface area contributed by atoms with Crippen molar-refractivity contribution >= 4 is 10.8 Å². The molecule has 0 unspecified atom stereocenters. The van der Waals surface area contributed by atoms with Crippen LogP contribution in [0.1, 0.15) is 30.9 Å². The van der Waals surface area contributed by atoms with Crippen LogP contribution in [0, 0.1) is 6.92 Å². The van der Waals surface area contributed by atoms with Crippen LogP contribution >= 0.6 is 0 Å². The number of aromatic hydroxyl groups is 1. The molecule has 0 aliphatic heterocycles. The van der Waals surface area contributed by atoms with Gasteiger partial charge in [0, 0.05) is 5.56 Å². The highest BCUT2D eigenvalue weighted by atomic mass is 16.5. The van der Waals surface area contributed by atoms with Crippen molar-refractivity contribution in [3.05, 3.63) is 35.4 Å². The van der Waals surface area contributed by atoms with Crippen LogP contribution in [0.3, 0.4) is 0 Å².